The van der Waals surface area contributed by atoms with Crippen LogP contribution in [-0.4, -0.2) is 10.1 Å². The second kappa shape index (κ2) is 6.14. The minimum atomic E-state index is -0.320. The van der Waals surface area contributed by atoms with Crippen LogP contribution >= 0.6 is 0 Å². The maximum atomic E-state index is 13.3. The van der Waals surface area contributed by atoms with Gasteiger partial charge in [-0.25, -0.2) is 15.2 Å². The lowest BCUT2D eigenvalue weighted by Crippen LogP contribution is -2.27. The number of aromatic nitrogens is 2. The summed E-state index contributed by atoms with van der Waals surface area (Å²) in [5.41, 5.74) is 9.58. The Morgan fingerprint density at radius 1 is 1.08 bits per heavy atom. The Hall–Kier alpha value is -2.57. The average molecular weight is 324 g/mol. The van der Waals surface area contributed by atoms with Crippen molar-refractivity contribution in [1.29, 1.82) is 0 Å². The van der Waals surface area contributed by atoms with Gasteiger partial charge in [0.2, 0.25) is 11.7 Å². The van der Waals surface area contributed by atoms with Crippen LogP contribution in [0.1, 0.15) is 35.5 Å². The van der Waals surface area contributed by atoms with Gasteiger partial charge in [0, 0.05) is 11.6 Å². The smallest absolute Gasteiger partial charge is 0.245 e. The van der Waals surface area contributed by atoms with E-state index in [1.54, 1.807) is 12.1 Å². The zero-order chi connectivity index (χ0) is 16.5. The van der Waals surface area contributed by atoms with Crippen LogP contribution in [0.2, 0.25) is 0 Å². The van der Waals surface area contributed by atoms with Gasteiger partial charge in [0.25, 0.3) is 0 Å². The van der Waals surface area contributed by atoms with Crippen LogP contribution in [0.15, 0.2) is 53.1 Å². The second-order valence-corrected chi connectivity index (χ2v) is 5.95. The van der Waals surface area contributed by atoms with Crippen molar-refractivity contribution in [2.45, 2.75) is 25.4 Å². The fourth-order valence-corrected chi connectivity index (χ4v) is 3.02. The molecule has 24 heavy (non-hydrogen) atoms. The molecule has 0 saturated carbocycles. The topological polar surface area (TPSA) is 63.0 Å². The van der Waals surface area contributed by atoms with Crippen molar-refractivity contribution in [3.63, 3.8) is 0 Å². The molecule has 2 atom stereocenters. The van der Waals surface area contributed by atoms with Crippen molar-refractivity contribution in [2.75, 3.05) is 0 Å². The number of benzene rings is 2. The first-order valence-corrected chi connectivity index (χ1v) is 7.87. The van der Waals surface area contributed by atoms with Crippen LogP contribution < -0.4 is 10.9 Å². The molecule has 2 heterocycles. The van der Waals surface area contributed by atoms with Crippen molar-refractivity contribution >= 4 is 0 Å². The number of halogens is 1. The molecular formula is C18H17FN4O. The third-order valence-electron chi connectivity index (χ3n) is 4.29. The van der Waals surface area contributed by atoms with Crippen molar-refractivity contribution in [3.8, 4) is 11.4 Å². The van der Waals surface area contributed by atoms with Crippen LogP contribution in [0.4, 0.5) is 4.39 Å². The molecule has 0 radical (unpaired) electrons. The Balaban J connectivity index is 1.53. The summed E-state index contributed by atoms with van der Waals surface area (Å²) in [6.45, 7) is 2.10. The van der Waals surface area contributed by atoms with E-state index in [0.717, 1.165) is 6.42 Å². The number of nitrogens with one attached hydrogen (secondary N) is 2. The Morgan fingerprint density at radius 3 is 2.75 bits per heavy atom. The van der Waals surface area contributed by atoms with E-state index in [-0.39, 0.29) is 17.9 Å². The van der Waals surface area contributed by atoms with Crippen LogP contribution in [-0.2, 0) is 0 Å². The van der Waals surface area contributed by atoms with E-state index < -0.39 is 0 Å². The molecule has 0 amide bonds. The van der Waals surface area contributed by atoms with Gasteiger partial charge in [-0.1, -0.05) is 41.6 Å². The Bertz CT molecular complexity index is 863. The zero-order valence-electron chi connectivity index (χ0n) is 13.2. The van der Waals surface area contributed by atoms with Gasteiger partial charge in [-0.05, 0) is 36.6 Å². The first-order valence-electron chi connectivity index (χ1n) is 7.87. The molecule has 1 fully saturated rings. The SMILES string of the molecule is Cc1ccccc1C1CC(c2nc(-c3cccc(F)c3)no2)NN1. The third-order valence-corrected chi connectivity index (χ3v) is 4.29. The predicted octanol–water partition coefficient (Wildman–Crippen LogP) is 3.46. The summed E-state index contributed by atoms with van der Waals surface area (Å²) >= 11 is 0. The molecule has 5 nitrogen and oxygen atoms in total. The van der Waals surface area contributed by atoms with Crippen LogP contribution in [0.3, 0.4) is 0 Å². The zero-order valence-corrected chi connectivity index (χ0v) is 13.2. The fraction of sp³-hybridized carbons (Fsp3) is 0.222. The monoisotopic (exact) mass is 324 g/mol. The predicted molar refractivity (Wildman–Crippen MR) is 87.2 cm³/mol. The lowest BCUT2D eigenvalue weighted by molar-refractivity contribution is 0.340. The third kappa shape index (κ3) is 2.81. The first kappa shape index (κ1) is 15.0. The van der Waals surface area contributed by atoms with Crippen LogP contribution in [0.25, 0.3) is 11.4 Å². The second-order valence-electron chi connectivity index (χ2n) is 5.95. The molecule has 122 valence electrons. The van der Waals surface area contributed by atoms with E-state index in [4.69, 9.17) is 4.52 Å². The number of hydrogen-bond donors (Lipinski definition) is 2. The minimum Gasteiger partial charge on any atom is -0.337 e. The molecule has 1 aliphatic heterocycles. The molecule has 0 bridgehead atoms. The molecule has 1 aromatic heterocycles. The van der Waals surface area contributed by atoms with Crippen molar-refractivity contribution in [2.24, 2.45) is 0 Å². The number of rotatable bonds is 3. The van der Waals surface area contributed by atoms with Crippen molar-refractivity contribution < 1.29 is 8.91 Å². The van der Waals surface area contributed by atoms with Crippen molar-refractivity contribution in [1.82, 2.24) is 21.0 Å². The Morgan fingerprint density at radius 2 is 1.92 bits per heavy atom. The Labute approximate surface area is 138 Å². The fourth-order valence-electron chi connectivity index (χ4n) is 3.02. The number of aryl methyl sites for hydroxylation is 1. The lowest BCUT2D eigenvalue weighted by atomic mass is 9.98. The normalized spacial score (nSPS) is 20.4. The highest BCUT2D eigenvalue weighted by Gasteiger charge is 2.30. The van der Waals surface area contributed by atoms with Gasteiger partial charge < -0.3 is 4.52 Å². The molecule has 4 rings (SSSR count). The highest BCUT2D eigenvalue weighted by Crippen LogP contribution is 2.32. The maximum Gasteiger partial charge on any atom is 0.245 e. The summed E-state index contributed by atoms with van der Waals surface area (Å²) in [6.07, 6.45) is 0.801. The number of nitrogens with zero attached hydrogens (tertiary/aromatic N) is 2. The van der Waals surface area contributed by atoms with Crippen LogP contribution in [0.5, 0.6) is 0 Å². The molecule has 3 aromatic rings. The van der Waals surface area contributed by atoms with Gasteiger partial charge in [-0.2, -0.15) is 4.98 Å². The molecule has 0 spiro atoms. The molecule has 1 saturated heterocycles. The standard InChI is InChI=1S/C18H17FN4O/c1-11-5-2-3-8-14(11)15-10-16(22-21-15)18-20-17(23-24-18)12-6-4-7-13(19)9-12/h2-9,15-16,21-22H,10H2,1H3. The molecule has 1 aliphatic rings. The number of hydrazine groups is 1. The van der Waals surface area contributed by atoms with Gasteiger partial charge >= 0.3 is 0 Å². The summed E-state index contributed by atoms with van der Waals surface area (Å²) in [4.78, 5) is 4.41. The summed E-state index contributed by atoms with van der Waals surface area (Å²) in [6, 6.07) is 14.5. The summed E-state index contributed by atoms with van der Waals surface area (Å²) < 4.78 is 18.7. The molecule has 0 aliphatic carbocycles. The van der Waals surface area contributed by atoms with E-state index in [2.05, 4.69) is 40.0 Å². The van der Waals surface area contributed by atoms with Gasteiger partial charge in [0.05, 0.1) is 0 Å². The van der Waals surface area contributed by atoms with E-state index >= 15 is 0 Å². The molecular weight excluding hydrogens is 307 g/mol. The highest BCUT2D eigenvalue weighted by molar-refractivity contribution is 5.53. The van der Waals surface area contributed by atoms with Gasteiger partial charge in [0.15, 0.2) is 0 Å². The summed E-state index contributed by atoms with van der Waals surface area (Å²) in [7, 11) is 0. The lowest BCUT2D eigenvalue weighted by Gasteiger charge is -2.12. The van der Waals surface area contributed by atoms with E-state index in [9.17, 15) is 4.39 Å². The van der Waals surface area contributed by atoms with E-state index in [1.165, 1.54) is 23.3 Å². The molecule has 6 heteroatoms. The minimum absolute atomic E-state index is 0.0792. The molecule has 2 N–H and O–H groups in total. The van der Waals surface area contributed by atoms with Gasteiger partial charge in [-0.3, -0.25) is 0 Å². The first-order chi connectivity index (χ1) is 11.7. The maximum absolute atomic E-state index is 13.3. The summed E-state index contributed by atoms with van der Waals surface area (Å²) in [5, 5.41) is 3.97. The quantitative estimate of drug-likeness (QED) is 0.772. The highest BCUT2D eigenvalue weighted by atomic mass is 19.1. The molecule has 2 unspecified atom stereocenters. The van der Waals surface area contributed by atoms with E-state index in [0.29, 0.717) is 17.3 Å². The van der Waals surface area contributed by atoms with Gasteiger partial charge in [-0.15, -0.1) is 0 Å². The number of hydrogen-bond acceptors (Lipinski definition) is 5. The Kier molecular flexibility index (Phi) is 3.84. The summed E-state index contributed by atoms with van der Waals surface area (Å²) in [5.74, 6) is 0.572. The molecule has 2 aromatic carbocycles. The average Bonchev–Trinajstić information content (AvgIpc) is 3.25. The van der Waals surface area contributed by atoms with Crippen LogP contribution in [0, 0.1) is 12.7 Å². The van der Waals surface area contributed by atoms with Gasteiger partial charge in [0.1, 0.15) is 11.9 Å². The van der Waals surface area contributed by atoms with E-state index in [1.807, 2.05) is 12.1 Å². The largest absolute Gasteiger partial charge is 0.337 e. The van der Waals surface area contributed by atoms with Crippen molar-refractivity contribution in [3.05, 3.63) is 71.4 Å².